The van der Waals surface area contributed by atoms with Crippen LogP contribution in [0, 0.1) is 5.92 Å². The summed E-state index contributed by atoms with van der Waals surface area (Å²) in [7, 11) is -3.16. The highest BCUT2D eigenvalue weighted by Crippen LogP contribution is 2.12. The summed E-state index contributed by atoms with van der Waals surface area (Å²) in [6.45, 7) is 6.65. The van der Waals surface area contributed by atoms with Gasteiger partial charge < -0.3 is 10.6 Å². The average molecular weight is 298 g/mol. The molecule has 0 heterocycles. The molecule has 0 unspecified atom stereocenters. The van der Waals surface area contributed by atoms with Crippen LogP contribution in [-0.2, 0) is 16.4 Å². The first-order valence-corrected chi connectivity index (χ1v) is 8.33. The van der Waals surface area contributed by atoms with Gasteiger partial charge >= 0.3 is 6.03 Å². The van der Waals surface area contributed by atoms with Crippen molar-refractivity contribution in [3.63, 3.8) is 0 Å². The molecule has 0 aromatic heterocycles. The van der Waals surface area contributed by atoms with E-state index in [0.29, 0.717) is 23.9 Å². The summed E-state index contributed by atoms with van der Waals surface area (Å²) in [5.74, 6) is 0.488. The van der Waals surface area contributed by atoms with E-state index in [1.54, 1.807) is 31.2 Å². The monoisotopic (exact) mass is 298 g/mol. The minimum absolute atomic E-state index is 0.0855. The van der Waals surface area contributed by atoms with Crippen LogP contribution in [0.2, 0.25) is 0 Å². The lowest BCUT2D eigenvalue weighted by Crippen LogP contribution is -2.36. The van der Waals surface area contributed by atoms with Crippen LogP contribution >= 0.6 is 0 Å². The van der Waals surface area contributed by atoms with Crippen molar-refractivity contribution < 1.29 is 13.2 Å². The quantitative estimate of drug-likeness (QED) is 0.842. The highest BCUT2D eigenvalue weighted by molar-refractivity contribution is 7.91. The van der Waals surface area contributed by atoms with E-state index in [1.807, 2.05) is 13.8 Å². The Bertz CT molecular complexity index is 536. The van der Waals surface area contributed by atoms with Crippen LogP contribution in [0.25, 0.3) is 0 Å². The summed E-state index contributed by atoms with van der Waals surface area (Å²) >= 11 is 0. The smallest absolute Gasteiger partial charge is 0.315 e. The second-order valence-corrected chi connectivity index (χ2v) is 7.28. The number of hydrogen-bond acceptors (Lipinski definition) is 3. The lowest BCUT2D eigenvalue weighted by atomic mass is 10.2. The minimum atomic E-state index is -3.16. The molecule has 6 heteroatoms. The summed E-state index contributed by atoms with van der Waals surface area (Å²) in [6.07, 6.45) is 0. The first-order chi connectivity index (χ1) is 9.35. The van der Waals surface area contributed by atoms with Gasteiger partial charge in [0.1, 0.15) is 0 Å². The molecule has 0 saturated carbocycles. The van der Waals surface area contributed by atoms with E-state index >= 15 is 0 Å². The predicted octanol–water partition coefficient (Wildman–Crippen LogP) is 1.94. The third-order valence-corrected chi connectivity index (χ3v) is 4.54. The zero-order chi connectivity index (χ0) is 15.2. The molecule has 1 aromatic rings. The van der Waals surface area contributed by atoms with Crippen LogP contribution in [-0.4, -0.2) is 26.7 Å². The first-order valence-electron chi connectivity index (χ1n) is 6.68. The number of hydrogen-bond donors (Lipinski definition) is 2. The number of carbonyl (C=O) groups excluding carboxylic acids is 1. The van der Waals surface area contributed by atoms with Crippen LogP contribution in [0.5, 0.6) is 0 Å². The lowest BCUT2D eigenvalue weighted by molar-refractivity contribution is 0.239. The molecule has 0 atom stereocenters. The molecule has 1 rings (SSSR count). The van der Waals surface area contributed by atoms with Gasteiger partial charge in [-0.3, -0.25) is 0 Å². The topological polar surface area (TPSA) is 75.3 Å². The number of benzene rings is 1. The maximum Gasteiger partial charge on any atom is 0.315 e. The van der Waals surface area contributed by atoms with Crippen LogP contribution in [0.1, 0.15) is 26.3 Å². The van der Waals surface area contributed by atoms with E-state index in [2.05, 4.69) is 10.6 Å². The van der Waals surface area contributed by atoms with E-state index in [9.17, 15) is 13.2 Å². The van der Waals surface area contributed by atoms with E-state index in [-0.39, 0.29) is 11.8 Å². The molecule has 0 saturated heterocycles. The SMILES string of the molecule is CCS(=O)(=O)c1ccc(CNC(=O)NCC(C)C)cc1. The number of sulfone groups is 1. The van der Waals surface area contributed by atoms with Gasteiger partial charge in [0.25, 0.3) is 0 Å². The maximum atomic E-state index is 11.6. The first kappa shape index (κ1) is 16.5. The van der Waals surface area contributed by atoms with Gasteiger partial charge in [0.2, 0.25) is 0 Å². The normalized spacial score (nSPS) is 11.4. The van der Waals surface area contributed by atoms with Crippen molar-refractivity contribution in [2.75, 3.05) is 12.3 Å². The fraction of sp³-hybridized carbons (Fsp3) is 0.500. The van der Waals surface area contributed by atoms with E-state index in [0.717, 1.165) is 5.56 Å². The Morgan fingerprint density at radius 1 is 1.15 bits per heavy atom. The van der Waals surface area contributed by atoms with Gasteiger partial charge in [0.15, 0.2) is 9.84 Å². The Balaban J connectivity index is 2.52. The Hall–Kier alpha value is -1.56. The third kappa shape index (κ3) is 5.21. The van der Waals surface area contributed by atoms with Crippen molar-refractivity contribution in [2.24, 2.45) is 5.92 Å². The number of amides is 2. The standard InChI is InChI=1S/C14H22N2O3S/c1-4-20(18,19)13-7-5-12(6-8-13)10-16-14(17)15-9-11(2)3/h5-8,11H,4,9-10H2,1-3H3,(H2,15,16,17). The molecule has 2 amide bonds. The number of carbonyl (C=O) groups is 1. The fourth-order valence-electron chi connectivity index (χ4n) is 1.52. The molecule has 0 radical (unpaired) electrons. The Morgan fingerprint density at radius 3 is 2.25 bits per heavy atom. The average Bonchev–Trinajstić information content (AvgIpc) is 2.43. The molecule has 0 aliphatic carbocycles. The molecular formula is C14H22N2O3S. The Morgan fingerprint density at radius 2 is 1.75 bits per heavy atom. The molecule has 0 aliphatic heterocycles. The van der Waals surface area contributed by atoms with Crippen LogP contribution in [0.15, 0.2) is 29.2 Å². The highest BCUT2D eigenvalue weighted by Gasteiger charge is 2.10. The van der Waals surface area contributed by atoms with Crippen molar-refractivity contribution >= 4 is 15.9 Å². The molecule has 112 valence electrons. The molecule has 0 fully saturated rings. The summed E-state index contributed by atoms with van der Waals surface area (Å²) in [5, 5.41) is 5.48. The van der Waals surface area contributed by atoms with Crippen LogP contribution in [0.3, 0.4) is 0 Å². The van der Waals surface area contributed by atoms with Gasteiger partial charge in [-0.05, 0) is 23.6 Å². The summed E-state index contributed by atoms with van der Waals surface area (Å²) in [6, 6.07) is 6.35. The fourth-order valence-corrected chi connectivity index (χ4v) is 2.41. The minimum Gasteiger partial charge on any atom is -0.338 e. The van der Waals surface area contributed by atoms with E-state index < -0.39 is 9.84 Å². The second-order valence-electron chi connectivity index (χ2n) is 5.00. The van der Waals surface area contributed by atoms with Gasteiger partial charge in [-0.1, -0.05) is 32.9 Å². The predicted molar refractivity (Wildman–Crippen MR) is 79.2 cm³/mol. The molecule has 0 spiro atoms. The van der Waals surface area contributed by atoms with Gasteiger partial charge in [-0.2, -0.15) is 0 Å². The molecule has 20 heavy (non-hydrogen) atoms. The van der Waals surface area contributed by atoms with E-state index in [1.165, 1.54) is 0 Å². The molecule has 1 aromatic carbocycles. The maximum absolute atomic E-state index is 11.6. The molecule has 0 bridgehead atoms. The molecule has 0 aliphatic rings. The largest absolute Gasteiger partial charge is 0.338 e. The van der Waals surface area contributed by atoms with Gasteiger partial charge in [-0.15, -0.1) is 0 Å². The van der Waals surface area contributed by atoms with Crippen molar-refractivity contribution in [1.82, 2.24) is 10.6 Å². The number of nitrogens with one attached hydrogen (secondary N) is 2. The Kier molecular flexibility index (Phi) is 6.01. The van der Waals surface area contributed by atoms with Crippen molar-refractivity contribution in [2.45, 2.75) is 32.2 Å². The number of urea groups is 1. The zero-order valence-corrected chi connectivity index (χ0v) is 13.0. The van der Waals surface area contributed by atoms with Crippen molar-refractivity contribution in [3.8, 4) is 0 Å². The van der Waals surface area contributed by atoms with Gasteiger partial charge in [-0.25, -0.2) is 13.2 Å². The summed E-state index contributed by atoms with van der Waals surface area (Å²) in [5.41, 5.74) is 0.861. The third-order valence-electron chi connectivity index (χ3n) is 2.79. The van der Waals surface area contributed by atoms with Gasteiger partial charge in [0, 0.05) is 13.1 Å². The van der Waals surface area contributed by atoms with Crippen LogP contribution < -0.4 is 10.6 Å². The zero-order valence-electron chi connectivity index (χ0n) is 12.1. The van der Waals surface area contributed by atoms with Crippen molar-refractivity contribution in [3.05, 3.63) is 29.8 Å². The van der Waals surface area contributed by atoms with Crippen LogP contribution in [0.4, 0.5) is 4.79 Å². The van der Waals surface area contributed by atoms with Crippen molar-refractivity contribution in [1.29, 1.82) is 0 Å². The molecule has 2 N–H and O–H groups in total. The molecular weight excluding hydrogens is 276 g/mol. The number of rotatable bonds is 6. The summed E-state index contributed by atoms with van der Waals surface area (Å²) < 4.78 is 23.3. The summed E-state index contributed by atoms with van der Waals surface area (Å²) in [4.78, 5) is 11.8. The Labute approximate surface area is 120 Å². The second kappa shape index (κ2) is 7.28. The molecule has 5 nitrogen and oxygen atoms in total. The van der Waals surface area contributed by atoms with Gasteiger partial charge in [0.05, 0.1) is 10.6 Å². The van der Waals surface area contributed by atoms with E-state index in [4.69, 9.17) is 0 Å². The lowest BCUT2D eigenvalue weighted by Gasteiger charge is -2.09. The highest BCUT2D eigenvalue weighted by atomic mass is 32.2.